The minimum atomic E-state index is -0.274. The van der Waals surface area contributed by atoms with Crippen LogP contribution in [0.1, 0.15) is 45.0 Å². The van der Waals surface area contributed by atoms with Crippen molar-refractivity contribution in [2.24, 2.45) is 11.1 Å². The third kappa shape index (κ3) is 5.01. The number of aryl methyl sites for hydroxylation is 1. The Morgan fingerprint density at radius 2 is 1.90 bits per heavy atom. The standard InChI is InChI=1S/C12H11Cl2N3O.C9H19NO/c1-6-11(17-9(5-18)12(15)16-6)7-3-2-4-8(13)10(7)14;1-4-9(5-2)6-11-7(3)8(9)10/h2-4,18H,5H2,1H3,(H2,15,16);7-8H,4-6,10H2,1-3H3/t;7-,8+/m.0/s1. The van der Waals surface area contributed by atoms with Gasteiger partial charge < -0.3 is 21.3 Å². The number of hydrogen-bond donors (Lipinski definition) is 3. The molecular weight excluding hydrogens is 411 g/mol. The molecule has 0 saturated carbocycles. The van der Waals surface area contributed by atoms with E-state index in [2.05, 4.69) is 30.7 Å². The van der Waals surface area contributed by atoms with Crippen molar-refractivity contribution in [3.8, 4) is 11.3 Å². The Morgan fingerprint density at radius 3 is 2.38 bits per heavy atom. The summed E-state index contributed by atoms with van der Waals surface area (Å²) < 4.78 is 5.54. The van der Waals surface area contributed by atoms with Gasteiger partial charge >= 0.3 is 0 Å². The fraction of sp³-hybridized carbons (Fsp3) is 0.524. The number of aliphatic hydroxyl groups excluding tert-OH is 1. The Morgan fingerprint density at radius 1 is 1.24 bits per heavy atom. The number of nitrogens with zero attached hydrogens (tertiary/aromatic N) is 2. The first-order valence-corrected chi connectivity index (χ1v) is 10.5. The number of aliphatic hydroxyl groups is 1. The van der Waals surface area contributed by atoms with Gasteiger partial charge in [0, 0.05) is 17.0 Å². The molecule has 2 aromatic rings. The summed E-state index contributed by atoms with van der Waals surface area (Å²) in [7, 11) is 0. The van der Waals surface area contributed by atoms with E-state index in [4.69, 9.17) is 44.5 Å². The number of halogens is 2. The second-order valence-electron chi connectivity index (χ2n) is 7.36. The van der Waals surface area contributed by atoms with Crippen molar-refractivity contribution in [1.29, 1.82) is 0 Å². The molecule has 1 saturated heterocycles. The number of hydrogen-bond acceptors (Lipinski definition) is 6. The van der Waals surface area contributed by atoms with E-state index in [-0.39, 0.29) is 30.0 Å². The fourth-order valence-electron chi connectivity index (χ4n) is 3.55. The Labute approximate surface area is 182 Å². The Balaban J connectivity index is 0.000000234. The molecule has 2 heterocycles. The molecular formula is C21H30Cl2N4O2. The third-order valence-corrected chi connectivity index (χ3v) is 6.60. The second-order valence-corrected chi connectivity index (χ2v) is 8.15. The molecule has 6 nitrogen and oxygen atoms in total. The summed E-state index contributed by atoms with van der Waals surface area (Å²) in [5, 5.41) is 10.0. The first-order valence-electron chi connectivity index (χ1n) is 9.76. The molecule has 0 unspecified atom stereocenters. The molecule has 0 radical (unpaired) electrons. The highest BCUT2D eigenvalue weighted by Gasteiger charge is 2.42. The van der Waals surface area contributed by atoms with Crippen LogP contribution in [0.2, 0.25) is 10.0 Å². The highest BCUT2D eigenvalue weighted by Crippen LogP contribution is 2.37. The highest BCUT2D eigenvalue weighted by molar-refractivity contribution is 6.43. The quantitative estimate of drug-likeness (QED) is 0.650. The summed E-state index contributed by atoms with van der Waals surface area (Å²) in [4.78, 5) is 8.43. The molecule has 0 bridgehead atoms. The fourth-order valence-corrected chi connectivity index (χ4v) is 3.94. The van der Waals surface area contributed by atoms with Crippen molar-refractivity contribution in [2.45, 2.75) is 59.3 Å². The van der Waals surface area contributed by atoms with Crippen LogP contribution in [0.3, 0.4) is 0 Å². The van der Waals surface area contributed by atoms with Gasteiger partial charge in [0.15, 0.2) is 0 Å². The van der Waals surface area contributed by atoms with Crippen molar-refractivity contribution in [1.82, 2.24) is 9.97 Å². The van der Waals surface area contributed by atoms with Crippen LogP contribution in [-0.4, -0.2) is 33.8 Å². The summed E-state index contributed by atoms with van der Waals surface area (Å²) in [5.41, 5.74) is 14.2. The lowest BCUT2D eigenvalue weighted by Crippen LogP contribution is -2.42. The van der Waals surface area contributed by atoms with E-state index in [9.17, 15) is 0 Å². The normalized spacial score (nSPS) is 20.3. The Kier molecular flexibility index (Phi) is 8.26. The first-order chi connectivity index (χ1) is 13.7. The molecule has 0 aliphatic carbocycles. The average Bonchev–Trinajstić information content (AvgIpc) is 3.00. The smallest absolute Gasteiger partial charge is 0.147 e. The number of nitrogen functional groups attached to an aromatic ring is 1. The van der Waals surface area contributed by atoms with E-state index in [1.54, 1.807) is 25.1 Å². The molecule has 5 N–H and O–H groups in total. The molecule has 0 amide bonds. The highest BCUT2D eigenvalue weighted by atomic mass is 35.5. The van der Waals surface area contributed by atoms with Crippen molar-refractivity contribution in [3.05, 3.63) is 39.6 Å². The van der Waals surface area contributed by atoms with Gasteiger partial charge in [-0.05, 0) is 32.8 Å². The molecule has 3 rings (SSSR count). The molecule has 8 heteroatoms. The largest absolute Gasteiger partial charge is 0.390 e. The van der Waals surface area contributed by atoms with Crippen molar-refractivity contribution >= 4 is 29.0 Å². The van der Waals surface area contributed by atoms with Gasteiger partial charge in [-0.2, -0.15) is 0 Å². The third-order valence-electron chi connectivity index (χ3n) is 5.78. The summed E-state index contributed by atoms with van der Waals surface area (Å²) in [6, 6.07) is 5.50. The van der Waals surface area contributed by atoms with Crippen molar-refractivity contribution in [2.75, 3.05) is 12.3 Å². The van der Waals surface area contributed by atoms with Gasteiger partial charge in [0.25, 0.3) is 0 Å². The average molecular weight is 441 g/mol. The Hall–Kier alpha value is -1.44. The van der Waals surface area contributed by atoms with E-state index in [1.807, 2.05) is 0 Å². The van der Waals surface area contributed by atoms with Crippen molar-refractivity contribution < 1.29 is 9.84 Å². The second kappa shape index (κ2) is 10.0. The first kappa shape index (κ1) is 23.8. The van der Waals surface area contributed by atoms with Gasteiger partial charge in [0.2, 0.25) is 0 Å². The van der Waals surface area contributed by atoms with E-state index in [0.717, 1.165) is 19.4 Å². The van der Waals surface area contributed by atoms with E-state index < -0.39 is 0 Å². The van der Waals surface area contributed by atoms with Crippen LogP contribution < -0.4 is 11.5 Å². The van der Waals surface area contributed by atoms with Crippen LogP contribution in [-0.2, 0) is 11.3 Å². The molecule has 160 valence electrons. The van der Waals surface area contributed by atoms with Crippen LogP contribution in [0.15, 0.2) is 18.2 Å². The van der Waals surface area contributed by atoms with Gasteiger partial charge in [-0.3, -0.25) is 0 Å². The minimum absolute atomic E-state index is 0.219. The maximum atomic E-state index is 9.16. The predicted octanol–water partition coefficient (Wildman–Crippen LogP) is 4.37. The molecule has 1 fully saturated rings. The molecule has 29 heavy (non-hydrogen) atoms. The lowest BCUT2D eigenvalue weighted by Gasteiger charge is -2.29. The lowest BCUT2D eigenvalue weighted by molar-refractivity contribution is 0.102. The molecule has 1 aromatic heterocycles. The summed E-state index contributed by atoms with van der Waals surface area (Å²) in [6.07, 6.45) is 2.51. The van der Waals surface area contributed by atoms with Crippen LogP contribution >= 0.6 is 23.2 Å². The Bertz CT molecular complexity index is 844. The zero-order valence-electron chi connectivity index (χ0n) is 17.4. The SMILES string of the molecule is CCC1(CC)CO[C@@H](C)[C@H]1N.Cc1nc(N)c(CO)nc1-c1cccc(Cl)c1Cl. The van der Waals surface area contributed by atoms with Gasteiger partial charge in [-0.25, -0.2) is 9.97 Å². The van der Waals surface area contributed by atoms with Crippen LogP contribution in [0.5, 0.6) is 0 Å². The summed E-state index contributed by atoms with van der Waals surface area (Å²) >= 11 is 12.1. The molecule has 0 spiro atoms. The zero-order valence-corrected chi connectivity index (χ0v) is 18.9. The number of benzene rings is 1. The van der Waals surface area contributed by atoms with Crippen LogP contribution in [0.4, 0.5) is 5.82 Å². The van der Waals surface area contributed by atoms with Crippen LogP contribution in [0, 0.1) is 12.3 Å². The number of aromatic nitrogens is 2. The molecule has 1 aliphatic heterocycles. The maximum Gasteiger partial charge on any atom is 0.147 e. The number of ether oxygens (including phenoxy) is 1. The monoisotopic (exact) mass is 440 g/mol. The van der Waals surface area contributed by atoms with Crippen molar-refractivity contribution in [3.63, 3.8) is 0 Å². The van der Waals surface area contributed by atoms with Gasteiger partial charge in [-0.1, -0.05) is 49.2 Å². The van der Waals surface area contributed by atoms with E-state index in [0.29, 0.717) is 32.7 Å². The summed E-state index contributed by atoms with van der Waals surface area (Å²) in [6.45, 7) is 8.82. The molecule has 1 aliphatic rings. The van der Waals surface area contributed by atoms with Gasteiger partial charge in [0.05, 0.1) is 40.8 Å². The van der Waals surface area contributed by atoms with Gasteiger partial charge in [0.1, 0.15) is 11.5 Å². The zero-order chi connectivity index (χ0) is 21.8. The topological polar surface area (TPSA) is 107 Å². The number of anilines is 1. The summed E-state index contributed by atoms with van der Waals surface area (Å²) in [5.74, 6) is 0.219. The van der Waals surface area contributed by atoms with E-state index >= 15 is 0 Å². The molecule has 2 atom stereocenters. The maximum absolute atomic E-state index is 9.16. The lowest BCUT2D eigenvalue weighted by atomic mass is 9.77. The minimum Gasteiger partial charge on any atom is -0.390 e. The van der Waals surface area contributed by atoms with Crippen LogP contribution in [0.25, 0.3) is 11.3 Å². The number of rotatable bonds is 4. The van der Waals surface area contributed by atoms with E-state index in [1.165, 1.54) is 0 Å². The van der Waals surface area contributed by atoms with Gasteiger partial charge in [-0.15, -0.1) is 0 Å². The number of nitrogens with two attached hydrogens (primary N) is 2. The predicted molar refractivity (Wildman–Crippen MR) is 119 cm³/mol. The molecule has 1 aromatic carbocycles.